The molecule has 0 atom stereocenters. The van der Waals surface area contributed by atoms with E-state index < -0.39 is 11.6 Å². The van der Waals surface area contributed by atoms with Crippen molar-refractivity contribution in [1.29, 1.82) is 0 Å². The third-order valence-corrected chi connectivity index (χ3v) is 3.43. The van der Waals surface area contributed by atoms with Crippen LogP contribution in [-0.2, 0) is 9.53 Å². The van der Waals surface area contributed by atoms with Crippen LogP contribution in [0.4, 0.5) is 0 Å². The molecule has 3 heteroatoms. The Kier molecular flexibility index (Phi) is 5.10. The second kappa shape index (κ2) is 7.04. The summed E-state index contributed by atoms with van der Waals surface area (Å²) < 4.78 is 5.70. The second-order valence-corrected chi connectivity index (χ2v) is 5.01. The van der Waals surface area contributed by atoms with Gasteiger partial charge in [0.15, 0.2) is 0 Å². The molecule has 1 aliphatic rings. The van der Waals surface area contributed by atoms with E-state index in [4.69, 9.17) is 4.74 Å². The number of benzene rings is 1. The lowest BCUT2D eigenvalue weighted by atomic mass is 9.94. The molecule has 0 saturated carbocycles. The number of ketones is 2. The summed E-state index contributed by atoms with van der Waals surface area (Å²) in [4.78, 5) is 23.4. The first-order valence-electron chi connectivity index (χ1n) is 7.26. The Morgan fingerprint density at radius 1 is 0.950 bits per heavy atom. The number of rotatable bonds is 7. The van der Waals surface area contributed by atoms with Gasteiger partial charge in [0.2, 0.25) is 11.6 Å². The number of carbonyl (C=O) groups is 2. The zero-order valence-electron chi connectivity index (χ0n) is 11.9. The maximum Gasteiger partial charge on any atom is 0.233 e. The van der Waals surface area contributed by atoms with E-state index in [2.05, 4.69) is 6.92 Å². The first-order valence-corrected chi connectivity index (χ1v) is 7.26. The average Bonchev–Trinajstić information content (AvgIpc) is 2.47. The van der Waals surface area contributed by atoms with Gasteiger partial charge < -0.3 is 4.74 Å². The Morgan fingerprint density at radius 3 is 2.40 bits per heavy atom. The van der Waals surface area contributed by atoms with Crippen LogP contribution in [0.2, 0.25) is 0 Å². The van der Waals surface area contributed by atoms with E-state index in [1.165, 1.54) is 25.3 Å². The van der Waals surface area contributed by atoms with Crippen molar-refractivity contribution in [3.63, 3.8) is 0 Å². The molecule has 0 amide bonds. The zero-order valence-corrected chi connectivity index (χ0v) is 11.9. The molecule has 0 saturated heterocycles. The van der Waals surface area contributed by atoms with Crippen LogP contribution >= 0.6 is 0 Å². The fourth-order valence-corrected chi connectivity index (χ4v) is 2.30. The molecule has 20 heavy (non-hydrogen) atoms. The molecule has 1 aromatic carbocycles. The van der Waals surface area contributed by atoms with Crippen molar-refractivity contribution < 1.29 is 14.3 Å². The van der Waals surface area contributed by atoms with Crippen LogP contribution in [0.5, 0.6) is 0 Å². The highest BCUT2D eigenvalue weighted by molar-refractivity contribution is 6.50. The normalized spacial score (nSPS) is 13.9. The Morgan fingerprint density at radius 2 is 1.65 bits per heavy atom. The number of carbonyl (C=O) groups excluding carboxylic acids is 2. The number of hydrogen-bond donors (Lipinski definition) is 0. The molecule has 0 bridgehead atoms. The summed E-state index contributed by atoms with van der Waals surface area (Å²) in [6.07, 6.45) is 7.11. The first-order chi connectivity index (χ1) is 9.74. The summed E-state index contributed by atoms with van der Waals surface area (Å²) in [6, 6.07) is 7.10. The number of hydrogen-bond acceptors (Lipinski definition) is 3. The van der Waals surface area contributed by atoms with E-state index in [9.17, 15) is 9.59 Å². The summed E-state index contributed by atoms with van der Waals surface area (Å²) in [6.45, 7) is 2.77. The monoisotopic (exact) mass is 272 g/mol. The van der Waals surface area contributed by atoms with E-state index in [1.54, 1.807) is 12.1 Å². The molecular weight excluding hydrogens is 252 g/mol. The van der Waals surface area contributed by atoms with Crippen LogP contribution in [0.25, 0.3) is 5.76 Å². The Labute approximate surface area is 119 Å². The number of fused-ring (bicyclic) bond motifs is 1. The van der Waals surface area contributed by atoms with Gasteiger partial charge in [-0.05, 0) is 6.42 Å². The lowest BCUT2D eigenvalue weighted by molar-refractivity contribution is -0.111. The fraction of sp³-hybridized carbons (Fsp3) is 0.412. The average molecular weight is 272 g/mol. The van der Waals surface area contributed by atoms with Crippen LogP contribution in [0.3, 0.4) is 0 Å². The molecule has 106 valence electrons. The number of allylic oxidation sites excluding steroid dienone is 1. The molecule has 1 aromatic rings. The number of ether oxygens (including phenoxy) is 1. The van der Waals surface area contributed by atoms with Gasteiger partial charge in [-0.15, -0.1) is 0 Å². The maximum atomic E-state index is 11.8. The van der Waals surface area contributed by atoms with Gasteiger partial charge >= 0.3 is 0 Å². The third-order valence-electron chi connectivity index (χ3n) is 3.43. The van der Waals surface area contributed by atoms with Crippen molar-refractivity contribution in [1.82, 2.24) is 0 Å². The van der Waals surface area contributed by atoms with Crippen molar-refractivity contribution in [3.05, 3.63) is 41.5 Å². The van der Waals surface area contributed by atoms with Crippen molar-refractivity contribution in [2.75, 3.05) is 6.61 Å². The van der Waals surface area contributed by atoms with E-state index in [1.807, 2.05) is 12.1 Å². The van der Waals surface area contributed by atoms with Crippen LogP contribution in [0, 0.1) is 0 Å². The molecule has 2 rings (SSSR count). The molecule has 0 fully saturated rings. The second-order valence-electron chi connectivity index (χ2n) is 5.01. The maximum absolute atomic E-state index is 11.8. The van der Waals surface area contributed by atoms with Crippen molar-refractivity contribution >= 4 is 17.3 Å². The van der Waals surface area contributed by atoms with Gasteiger partial charge in [0.25, 0.3) is 0 Å². The van der Waals surface area contributed by atoms with Gasteiger partial charge in [-0.2, -0.15) is 0 Å². The van der Waals surface area contributed by atoms with Crippen molar-refractivity contribution in [2.24, 2.45) is 0 Å². The van der Waals surface area contributed by atoms with Crippen molar-refractivity contribution in [3.8, 4) is 0 Å². The first kappa shape index (κ1) is 14.5. The highest BCUT2D eigenvalue weighted by atomic mass is 16.5. The number of unbranched alkanes of at least 4 members (excludes halogenated alkanes) is 4. The van der Waals surface area contributed by atoms with E-state index in [0.717, 1.165) is 18.4 Å². The van der Waals surface area contributed by atoms with Gasteiger partial charge in [0.1, 0.15) is 5.76 Å². The molecule has 0 heterocycles. The smallest absolute Gasteiger partial charge is 0.233 e. The molecule has 0 aromatic heterocycles. The number of Topliss-reactive ketones (excluding diaryl/α,β-unsaturated/α-hetero) is 1. The molecule has 1 aliphatic carbocycles. The molecule has 0 spiro atoms. The SMILES string of the molecule is CCCCCCCOC1=CC(=O)C(=O)c2ccccc21. The molecule has 0 aliphatic heterocycles. The van der Waals surface area contributed by atoms with E-state index in [0.29, 0.717) is 17.9 Å². The summed E-state index contributed by atoms with van der Waals surface area (Å²) in [7, 11) is 0. The van der Waals surface area contributed by atoms with Crippen LogP contribution < -0.4 is 0 Å². The lowest BCUT2D eigenvalue weighted by Crippen LogP contribution is -2.19. The summed E-state index contributed by atoms with van der Waals surface area (Å²) in [5.41, 5.74) is 1.17. The molecule has 0 N–H and O–H groups in total. The van der Waals surface area contributed by atoms with Gasteiger partial charge in [-0.25, -0.2) is 0 Å². The molecule has 0 radical (unpaired) electrons. The Balaban J connectivity index is 1.96. The minimum Gasteiger partial charge on any atom is -0.493 e. The molecule has 3 nitrogen and oxygen atoms in total. The summed E-state index contributed by atoms with van der Waals surface area (Å²) in [5, 5.41) is 0. The van der Waals surface area contributed by atoms with Crippen molar-refractivity contribution in [2.45, 2.75) is 39.0 Å². The molecular formula is C17H20O3. The van der Waals surface area contributed by atoms with Crippen LogP contribution in [0.15, 0.2) is 30.3 Å². The minimum atomic E-state index is -0.496. The third kappa shape index (κ3) is 3.35. The highest BCUT2D eigenvalue weighted by Crippen LogP contribution is 2.26. The Bertz CT molecular complexity index is 529. The van der Waals surface area contributed by atoms with Gasteiger partial charge in [-0.3, -0.25) is 9.59 Å². The summed E-state index contributed by atoms with van der Waals surface area (Å²) >= 11 is 0. The van der Waals surface area contributed by atoms with E-state index >= 15 is 0 Å². The Hall–Kier alpha value is -1.90. The predicted octanol–water partition coefficient (Wildman–Crippen LogP) is 3.78. The van der Waals surface area contributed by atoms with Gasteiger partial charge in [0, 0.05) is 17.2 Å². The standard InChI is InChI=1S/C17H20O3/c1-2-3-4-5-8-11-20-16-12-15(18)17(19)14-10-7-6-9-13(14)16/h6-7,9-10,12H,2-5,8,11H2,1H3. The molecule has 0 unspecified atom stereocenters. The highest BCUT2D eigenvalue weighted by Gasteiger charge is 2.26. The fourth-order valence-electron chi connectivity index (χ4n) is 2.30. The largest absolute Gasteiger partial charge is 0.493 e. The zero-order chi connectivity index (χ0) is 14.4. The summed E-state index contributed by atoms with van der Waals surface area (Å²) in [5.74, 6) is -0.415. The van der Waals surface area contributed by atoms with Crippen LogP contribution in [0.1, 0.15) is 54.9 Å². The predicted molar refractivity (Wildman–Crippen MR) is 78.5 cm³/mol. The van der Waals surface area contributed by atoms with Gasteiger partial charge in [-0.1, -0.05) is 56.9 Å². The minimum absolute atomic E-state index is 0.445. The lowest BCUT2D eigenvalue weighted by Gasteiger charge is -2.16. The van der Waals surface area contributed by atoms with Crippen LogP contribution in [-0.4, -0.2) is 18.2 Å². The van der Waals surface area contributed by atoms with Gasteiger partial charge in [0.05, 0.1) is 6.61 Å². The quantitative estimate of drug-likeness (QED) is 0.560. The topological polar surface area (TPSA) is 43.4 Å². The van der Waals surface area contributed by atoms with E-state index in [-0.39, 0.29) is 0 Å².